The Morgan fingerprint density at radius 1 is 1.18 bits per heavy atom. The molecule has 4 nitrogen and oxygen atoms in total. The Bertz CT molecular complexity index is 342. The van der Waals surface area contributed by atoms with Crippen LogP contribution in [0.15, 0.2) is 18.2 Å². The standard InChI is InChI=1S/C13H22N2O2/c1-15(9-5-4-8-14)12-7-6-11(16-2)10-13(12)17-3/h6-7,10H,4-5,8-9,14H2,1-3H3. The van der Waals surface area contributed by atoms with Crippen molar-refractivity contribution in [2.75, 3.05) is 39.3 Å². The van der Waals surface area contributed by atoms with Gasteiger partial charge < -0.3 is 20.1 Å². The summed E-state index contributed by atoms with van der Waals surface area (Å²) in [5.41, 5.74) is 6.56. The van der Waals surface area contributed by atoms with Gasteiger partial charge in [-0.15, -0.1) is 0 Å². The van der Waals surface area contributed by atoms with Crippen LogP contribution in [0.4, 0.5) is 5.69 Å². The third-order valence-electron chi connectivity index (χ3n) is 2.75. The summed E-state index contributed by atoms with van der Waals surface area (Å²) in [5, 5.41) is 0. The summed E-state index contributed by atoms with van der Waals surface area (Å²) in [5.74, 6) is 1.64. The van der Waals surface area contributed by atoms with Crippen molar-refractivity contribution in [2.45, 2.75) is 12.8 Å². The molecule has 2 N–H and O–H groups in total. The number of nitrogens with two attached hydrogens (primary N) is 1. The smallest absolute Gasteiger partial charge is 0.145 e. The molecule has 0 heterocycles. The molecule has 0 bridgehead atoms. The maximum atomic E-state index is 5.49. The highest BCUT2D eigenvalue weighted by Gasteiger charge is 2.08. The fourth-order valence-corrected chi connectivity index (χ4v) is 1.71. The van der Waals surface area contributed by atoms with Gasteiger partial charge in [-0.05, 0) is 31.5 Å². The molecule has 0 aliphatic rings. The molecule has 0 amide bonds. The molecule has 96 valence electrons. The zero-order valence-electron chi connectivity index (χ0n) is 10.9. The first kappa shape index (κ1) is 13.6. The Morgan fingerprint density at radius 3 is 2.53 bits per heavy atom. The van der Waals surface area contributed by atoms with E-state index in [1.165, 1.54) is 0 Å². The second kappa shape index (κ2) is 7.01. The molecule has 1 aromatic carbocycles. The Kier molecular flexibility index (Phi) is 5.63. The van der Waals surface area contributed by atoms with E-state index in [1.807, 2.05) is 18.2 Å². The van der Waals surface area contributed by atoms with E-state index in [9.17, 15) is 0 Å². The van der Waals surface area contributed by atoms with Crippen molar-refractivity contribution in [3.63, 3.8) is 0 Å². The Balaban J connectivity index is 2.74. The lowest BCUT2D eigenvalue weighted by molar-refractivity contribution is 0.394. The topological polar surface area (TPSA) is 47.7 Å². The van der Waals surface area contributed by atoms with Gasteiger partial charge in [0.05, 0.1) is 19.9 Å². The average Bonchev–Trinajstić information content (AvgIpc) is 2.38. The van der Waals surface area contributed by atoms with Gasteiger partial charge in [-0.2, -0.15) is 0 Å². The minimum atomic E-state index is 0.744. The van der Waals surface area contributed by atoms with Crippen LogP contribution >= 0.6 is 0 Å². The summed E-state index contributed by atoms with van der Waals surface area (Å²) in [4.78, 5) is 2.17. The summed E-state index contributed by atoms with van der Waals surface area (Å²) in [6.45, 7) is 1.72. The zero-order valence-corrected chi connectivity index (χ0v) is 10.9. The van der Waals surface area contributed by atoms with Crippen LogP contribution in [0.5, 0.6) is 11.5 Å². The van der Waals surface area contributed by atoms with E-state index in [0.29, 0.717) is 0 Å². The Hall–Kier alpha value is -1.42. The summed E-state index contributed by atoms with van der Waals surface area (Å²) < 4.78 is 10.5. The molecule has 0 aliphatic heterocycles. The minimum Gasteiger partial charge on any atom is -0.497 e. The molecule has 17 heavy (non-hydrogen) atoms. The molecule has 0 fully saturated rings. The maximum Gasteiger partial charge on any atom is 0.145 e. The number of hydrogen-bond acceptors (Lipinski definition) is 4. The Morgan fingerprint density at radius 2 is 1.94 bits per heavy atom. The van der Waals surface area contributed by atoms with Gasteiger partial charge in [-0.1, -0.05) is 0 Å². The van der Waals surface area contributed by atoms with Crippen molar-refractivity contribution in [2.24, 2.45) is 5.73 Å². The largest absolute Gasteiger partial charge is 0.497 e. The molecular formula is C13H22N2O2. The van der Waals surface area contributed by atoms with Crippen LogP contribution in [0.3, 0.4) is 0 Å². The van der Waals surface area contributed by atoms with Crippen LogP contribution in [-0.2, 0) is 0 Å². The van der Waals surface area contributed by atoms with Crippen LogP contribution in [0, 0.1) is 0 Å². The van der Waals surface area contributed by atoms with Crippen molar-refractivity contribution >= 4 is 5.69 Å². The highest BCUT2D eigenvalue weighted by Crippen LogP contribution is 2.31. The lowest BCUT2D eigenvalue weighted by Gasteiger charge is -2.22. The second-order valence-electron chi connectivity index (χ2n) is 3.96. The molecule has 0 atom stereocenters. The van der Waals surface area contributed by atoms with Gasteiger partial charge in [0.2, 0.25) is 0 Å². The number of rotatable bonds is 7. The van der Waals surface area contributed by atoms with Crippen LogP contribution in [0.1, 0.15) is 12.8 Å². The molecular weight excluding hydrogens is 216 g/mol. The number of ether oxygens (including phenoxy) is 2. The zero-order chi connectivity index (χ0) is 12.7. The molecule has 0 unspecified atom stereocenters. The lowest BCUT2D eigenvalue weighted by atomic mass is 10.2. The summed E-state index contributed by atoms with van der Waals surface area (Å²) in [6.07, 6.45) is 2.13. The number of hydrogen-bond donors (Lipinski definition) is 1. The first-order chi connectivity index (χ1) is 8.22. The summed E-state index contributed by atoms with van der Waals surface area (Å²) >= 11 is 0. The van der Waals surface area contributed by atoms with Crippen LogP contribution < -0.4 is 20.1 Å². The van der Waals surface area contributed by atoms with Gasteiger partial charge in [-0.25, -0.2) is 0 Å². The van der Waals surface area contributed by atoms with Crippen LogP contribution in [0.2, 0.25) is 0 Å². The highest BCUT2D eigenvalue weighted by atomic mass is 16.5. The van der Waals surface area contributed by atoms with E-state index in [-0.39, 0.29) is 0 Å². The van der Waals surface area contributed by atoms with Crippen LogP contribution in [0.25, 0.3) is 0 Å². The molecule has 0 saturated carbocycles. The highest BCUT2D eigenvalue weighted by molar-refractivity contribution is 5.60. The van der Waals surface area contributed by atoms with Crippen molar-refractivity contribution in [1.29, 1.82) is 0 Å². The first-order valence-electron chi connectivity index (χ1n) is 5.86. The number of benzene rings is 1. The fraction of sp³-hybridized carbons (Fsp3) is 0.538. The van der Waals surface area contributed by atoms with E-state index in [2.05, 4.69) is 11.9 Å². The first-order valence-corrected chi connectivity index (χ1v) is 5.86. The third-order valence-corrected chi connectivity index (χ3v) is 2.75. The molecule has 4 heteroatoms. The van der Waals surface area contributed by atoms with E-state index in [1.54, 1.807) is 14.2 Å². The van der Waals surface area contributed by atoms with Gasteiger partial charge >= 0.3 is 0 Å². The van der Waals surface area contributed by atoms with Crippen molar-refractivity contribution < 1.29 is 9.47 Å². The number of methoxy groups -OCH3 is 2. The normalized spacial score (nSPS) is 10.1. The Labute approximate surface area is 103 Å². The maximum absolute atomic E-state index is 5.49. The van der Waals surface area contributed by atoms with E-state index < -0.39 is 0 Å². The lowest BCUT2D eigenvalue weighted by Crippen LogP contribution is -2.20. The number of unbranched alkanes of at least 4 members (excludes halogenated alkanes) is 1. The number of nitrogens with zero attached hydrogens (tertiary/aromatic N) is 1. The molecule has 0 spiro atoms. The number of anilines is 1. The van der Waals surface area contributed by atoms with Crippen LogP contribution in [-0.4, -0.2) is 34.4 Å². The molecule has 0 radical (unpaired) electrons. The van der Waals surface area contributed by atoms with Crippen molar-refractivity contribution in [1.82, 2.24) is 0 Å². The van der Waals surface area contributed by atoms with E-state index in [4.69, 9.17) is 15.2 Å². The van der Waals surface area contributed by atoms with Gasteiger partial charge in [0.1, 0.15) is 11.5 Å². The fourth-order valence-electron chi connectivity index (χ4n) is 1.71. The molecule has 0 aliphatic carbocycles. The monoisotopic (exact) mass is 238 g/mol. The van der Waals surface area contributed by atoms with E-state index >= 15 is 0 Å². The van der Waals surface area contributed by atoms with Crippen molar-refractivity contribution in [3.05, 3.63) is 18.2 Å². The molecule has 1 aromatic rings. The minimum absolute atomic E-state index is 0.744. The summed E-state index contributed by atoms with van der Waals surface area (Å²) in [6, 6.07) is 5.85. The summed E-state index contributed by atoms with van der Waals surface area (Å²) in [7, 11) is 5.38. The molecule has 1 rings (SSSR count). The molecule has 0 aromatic heterocycles. The van der Waals surface area contributed by atoms with Gasteiger partial charge in [0.25, 0.3) is 0 Å². The molecule has 0 saturated heterocycles. The third kappa shape index (κ3) is 3.82. The van der Waals surface area contributed by atoms with E-state index in [0.717, 1.165) is 43.1 Å². The van der Waals surface area contributed by atoms with Crippen molar-refractivity contribution in [3.8, 4) is 11.5 Å². The van der Waals surface area contributed by atoms with Gasteiger partial charge in [-0.3, -0.25) is 0 Å². The second-order valence-corrected chi connectivity index (χ2v) is 3.96. The quantitative estimate of drug-likeness (QED) is 0.737. The SMILES string of the molecule is COc1ccc(N(C)CCCCN)c(OC)c1. The predicted molar refractivity (Wildman–Crippen MR) is 71.1 cm³/mol. The van der Waals surface area contributed by atoms with Gasteiger partial charge in [0, 0.05) is 19.7 Å². The predicted octanol–water partition coefficient (Wildman–Crippen LogP) is 1.88. The van der Waals surface area contributed by atoms with Gasteiger partial charge in [0.15, 0.2) is 0 Å². The average molecular weight is 238 g/mol.